The van der Waals surface area contributed by atoms with E-state index in [2.05, 4.69) is 0 Å². The largest absolute Gasteiger partial charge is 0.481 e. The number of hydrogen-bond donors (Lipinski definition) is 2. The summed E-state index contributed by atoms with van der Waals surface area (Å²) in [5, 5.41) is 8.64. The van der Waals surface area contributed by atoms with Crippen molar-refractivity contribution in [3.05, 3.63) is 29.3 Å². The van der Waals surface area contributed by atoms with Crippen molar-refractivity contribution in [2.45, 2.75) is 17.9 Å². The van der Waals surface area contributed by atoms with Crippen LogP contribution in [-0.2, 0) is 27.6 Å². The number of carboxylic acids is 1. The average Bonchev–Trinajstić information content (AvgIpc) is 2.14. The molecular formula is C10H13NO4S. The minimum Gasteiger partial charge on any atom is -0.481 e. The molecule has 0 radical (unpaired) electrons. The van der Waals surface area contributed by atoms with Gasteiger partial charge in [-0.1, -0.05) is 6.07 Å². The van der Waals surface area contributed by atoms with Crippen molar-refractivity contribution >= 4 is 15.8 Å². The van der Waals surface area contributed by atoms with Crippen LogP contribution in [0.1, 0.15) is 11.1 Å². The highest BCUT2D eigenvalue weighted by molar-refractivity contribution is 7.90. The van der Waals surface area contributed by atoms with Gasteiger partial charge in [0.15, 0.2) is 9.84 Å². The molecule has 1 rings (SSSR count). The van der Waals surface area contributed by atoms with E-state index in [1.807, 2.05) is 0 Å². The molecule has 0 heterocycles. The first-order valence-electron chi connectivity index (χ1n) is 4.57. The van der Waals surface area contributed by atoms with Gasteiger partial charge in [0.05, 0.1) is 11.3 Å². The third kappa shape index (κ3) is 3.32. The first-order valence-corrected chi connectivity index (χ1v) is 6.47. The molecule has 6 heteroatoms. The van der Waals surface area contributed by atoms with Crippen molar-refractivity contribution in [3.63, 3.8) is 0 Å². The molecule has 0 saturated heterocycles. The lowest BCUT2D eigenvalue weighted by Gasteiger charge is -2.05. The Hall–Kier alpha value is -1.40. The summed E-state index contributed by atoms with van der Waals surface area (Å²) in [7, 11) is -3.34. The summed E-state index contributed by atoms with van der Waals surface area (Å²) in [4.78, 5) is 10.7. The van der Waals surface area contributed by atoms with E-state index in [-0.39, 0.29) is 17.9 Å². The Morgan fingerprint density at radius 2 is 1.88 bits per heavy atom. The van der Waals surface area contributed by atoms with E-state index >= 15 is 0 Å². The van der Waals surface area contributed by atoms with Gasteiger partial charge in [-0.05, 0) is 23.3 Å². The van der Waals surface area contributed by atoms with Crippen LogP contribution in [0.3, 0.4) is 0 Å². The number of aliphatic carboxylic acids is 1. The Labute approximate surface area is 93.8 Å². The van der Waals surface area contributed by atoms with E-state index in [1.165, 1.54) is 12.1 Å². The van der Waals surface area contributed by atoms with Gasteiger partial charge in [0.25, 0.3) is 0 Å². The van der Waals surface area contributed by atoms with Crippen molar-refractivity contribution in [2.24, 2.45) is 5.73 Å². The summed E-state index contributed by atoms with van der Waals surface area (Å²) in [6, 6.07) is 4.42. The average molecular weight is 243 g/mol. The molecule has 0 aromatic heterocycles. The molecule has 0 bridgehead atoms. The van der Waals surface area contributed by atoms with Gasteiger partial charge in [-0.3, -0.25) is 4.79 Å². The first kappa shape index (κ1) is 12.7. The molecular weight excluding hydrogens is 230 g/mol. The standard InChI is InChI=1S/C10H13NO4S/c1-16(14,15)9-3-7(5-10(12)13)2-8(4-9)6-11/h2-4H,5-6,11H2,1H3,(H,12,13). The van der Waals surface area contributed by atoms with Gasteiger partial charge >= 0.3 is 5.97 Å². The molecule has 0 atom stereocenters. The Morgan fingerprint density at radius 1 is 1.31 bits per heavy atom. The Balaban J connectivity index is 3.26. The minimum absolute atomic E-state index is 0.103. The van der Waals surface area contributed by atoms with Crippen molar-refractivity contribution in [3.8, 4) is 0 Å². The lowest BCUT2D eigenvalue weighted by molar-refractivity contribution is -0.136. The molecule has 0 spiro atoms. The molecule has 0 aliphatic heterocycles. The van der Waals surface area contributed by atoms with Crippen molar-refractivity contribution in [1.82, 2.24) is 0 Å². The topological polar surface area (TPSA) is 97.5 Å². The van der Waals surface area contributed by atoms with Crippen LogP contribution >= 0.6 is 0 Å². The Kier molecular flexibility index (Phi) is 3.66. The molecule has 0 aliphatic carbocycles. The van der Waals surface area contributed by atoms with Gasteiger partial charge in [0.2, 0.25) is 0 Å². The highest BCUT2D eigenvalue weighted by Crippen LogP contribution is 2.15. The second-order valence-corrected chi connectivity index (χ2v) is 5.55. The van der Waals surface area contributed by atoms with E-state index in [9.17, 15) is 13.2 Å². The van der Waals surface area contributed by atoms with Crippen LogP contribution in [0.2, 0.25) is 0 Å². The van der Waals surface area contributed by atoms with Crippen LogP contribution < -0.4 is 5.73 Å². The third-order valence-electron chi connectivity index (χ3n) is 2.05. The zero-order valence-electron chi connectivity index (χ0n) is 8.80. The van der Waals surface area contributed by atoms with E-state index in [1.54, 1.807) is 6.07 Å². The predicted molar refractivity (Wildman–Crippen MR) is 58.8 cm³/mol. The number of hydrogen-bond acceptors (Lipinski definition) is 4. The van der Waals surface area contributed by atoms with Crippen molar-refractivity contribution in [2.75, 3.05) is 6.26 Å². The number of rotatable bonds is 4. The summed E-state index contributed by atoms with van der Waals surface area (Å²) < 4.78 is 22.7. The maximum Gasteiger partial charge on any atom is 0.307 e. The van der Waals surface area contributed by atoms with Crippen molar-refractivity contribution in [1.29, 1.82) is 0 Å². The van der Waals surface area contributed by atoms with Gasteiger partial charge in [-0.15, -0.1) is 0 Å². The van der Waals surface area contributed by atoms with Gasteiger partial charge in [-0.25, -0.2) is 8.42 Å². The normalized spacial score (nSPS) is 11.4. The second kappa shape index (κ2) is 4.63. The SMILES string of the molecule is CS(=O)(=O)c1cc(CN)cc(CC(=O)O)c1. The summed E-state index contributed by atoms with van der Waals surface area (Å²) in [6.45, 7) is 0.177. The Bertz CT molecular complexity index is 508. The number of benzene rings is 1. The maximum absolute atomic E-state index is 11.4. The zero-order valence-corrected chi connectivity index (χ0v) is 9.62. The van der Waals surface area contributed by atoms with Crippen LogP contribution in [0.15, 0.2) is 23.1 Å². The fourth-order valence-electron chi connectivity index (χ4n) is 1.34. The molecule has 1 aromatic carbocycles. The summed E-state index contributed by atoms with van der Waals surface area (Å²) >= 11 is 0. The van der Waals surface area contributed by atoms with Gasteiger partial charge < -0.3 is 10.8 Å². The van der Waals surface area contributed by atoms with Crippen LogP contribution in [0.25, 0.3) is 0 Å². The monoisotopic (exact) mass is 243 g/mol. The Morgan fingerprint density at radius 3 is 2.31 bits per heavy atom. The molecule has 88 valence electrons. The summed E-state index contributed by atoms with van der Waals surface area (Å²) in [6.07, 6.45) is 0.865. The minimum atomic E-state index is -3.34. The molecule has 1 aromatic rings. The predicted octanol–water partition coefficient (Wildman–Crippen LogP) is 0.176. The van der Waals surface area contributed by atoms with Crippen LogP contribution in [-0.4, -0.2) is 25.7 Å². The number of sulfone groups is 1. The van der Waals surface area contributed by atoms with Gasteiger partial charge in [0.1, 0.15) is 0 Å². The molecule has 0 fully saturated rings. The number of nitrogens with two attached hydrogens (primary N) is 1. The van der Waals surface area contributed by atoms with Gasteiger partial charge in [0, 0.05) is 12.8 Å². The van der Waals surface area contributed by atoms with E-state index < -0.39 is 15.8 Å². The molecule has 5 nitrogen and oxygen atoms in total. The molecule has 0 unspecified atom stereocenters. The lowest BCUT2D eigenvalue weighted by atomic mass is 10.1. The highest BCUT2D eigenvalue weighted by atomic mass is 32.2. The van der Waals surface area contributed by atoms with E-state index in [0.29, 0.717) is 11.1 Å². The molecule has 16 heavy (non-hydrogen) atoms. The second-order valence-electron chi connectivity index (χ2n) is 3.53. The fraction of sp³-hybridized carbons (Fsp3) is 0.300. The molecule has 3 N–H and O–H groups in total. The molecule has 0 amide bonds. The highest BCUT2D eigenvalue weighted by Gasteiger charge is 2.11. The molecule has 0 aliphatic rings. The first-order chi connectivity index (χ1) is 7.32. The van der Waals surface area contributed by atoms with Crippen LogP contribution in [0.4, 0.5) is 0 Å². The fourth-order valence-corrected chi connectivity index (χ4v) is 2.07. The maximum atomic E-state index is 11.4. The number of carboxylic acid groups (broad SMARTS) is 1. The van der Waals surface area contributed by atoms with Crippen LogP contribution in [0, 0.1) is 0 Å². The lowest BCUT2D eigenvalue weighted by Crippen LogP contribution is -2.06. The van der Waals surface area contributed by atoms with Crippen LogP contribution in [0.5, 0.6) is 0 Å². The van der Waals surface area contributed by atoms with E-state index in [0.717, 1.165) is 6.26 Å². The molecule has 0 saturated carbocycles. The van der Waals surface area contributed by atoms with E-state index in [4.69, 9.17) is 10.8 Å². The quantitative estimate of drug-likeness (QED) is 0.786. The number of carbonyl (C=O) groups is 1. The zero-order chi connectivity index (χ0) is 12.3. The summed E-state index contributed by atoms with van der Waals surface area (Å²) in [5.74, 6) is -1.01. The van der Waals surface area contributed by atoms with Gasteiger partial charge in [-0.2, -0.15) is 0 Å². The third-order valence-corrected chi connectivity index (χ3v) is 3.14. The smallest absolute Gasteiger partial charge is 0.307 e. The summed E-state index contributed by atoms with van der Waals surface area (Å²) in [5.41, 5.74) is 6.47. The van der Waals surface area contributed by atoms with Crippen molar-refractivity contribution < 1.29 is 18.3 Å².